The fourth-order valence-electron chi connectivity index (χ4n) is 3.82. The van der Waals surface area contributed by atoms with Crippen molar-refractivity contribution in [2.75, 3.05) is 13.1 Å². The van der Waals surface area contributed by atoms with Gasteiger partial charge in [0.15, 0.2) is 5.96 Å². The molecule has 0 amide bonds. The first-order valence-electron chi connectivity index (χ1n) is 10.1. The number of nitrogens with zero attached hydrogens (tertiary/aromatic N) is 1. The molecule has 4 nitrogen and oxygen atoms in total. The average Bonchev–Trinajstić information content (AvgIpc) is 2.59. The summed E-state index contributed by atoms with van der Waals surface area (Å²) in [4.78, 5) is 4.92. The second-order valence-electron chi connectivity index (χ2n) is 7.68. The normalized spacial score (nSPS) is 21.7. The number of nitrogens with two attached hydrogens (primary N) is 1. The lowest BCUT2D eigenvalue weighted by Gasteiger charge is -2.29. The zero-order chi connectivity index (χ0) is 16.3. The van der Waals surface area contributed by atoms with Crippen molar-refractivity contribution in [3.05, 3.63) is 0 Å². The zero-order valence-electron chi connectivity index (χ0n) is 15.2. The predicted octanol–water partition coefficient (Wildman–Crippen LogP) is 3.56. The molecule has 4 N–H and O–H groups in total. The van der Waals surface area contributed by atoms with Crippen LogP contribution in [0.15, 0.2) is 4.99 Å². The van der Waals surface area contributed by atoms with Crippen molar-refractivity contribution >= 4 is 5.96 Å². The number of aliphatic imine (C=N–C) groups is 1. The maximum Gasteiger partial charge on any atom is 0.191 e. The molecule has 0 aromatic heterocycles. The van der Waals surface area contributed by atoms with E-state index in [4.69, 9.17) is 10.7 Å². The Bertz CT molecular complexity index is 308. The van der Waals surface area contributed by atoms with E-state index >= 15 is 0 Å². The van der Waals surface area contributed by atoms with Gasteiger partial charge in [0.25, 0.3) is 0 Å². The van der Waals surface area contributed by atoms with Gasteiger partial charge >= 0.3 is 0 Å². The molecular formula is C19H38N4. The lowest BCUT2D eigenvalue weighted by Crippen LogP contribution is -2.48. The molecule has 1 atom stereocenters. The highest BCUT2D eigenvalue weighted by Crippen LogP contribution is 2.19. The van der Waals surface area contributed by atoms with Gasteiger partial charge < -0.3 is 16.4 Å². The summed E-state index contributed by atoms with van der Waals surface area (Å²) in [5.41, 5.74) is 5.62. The summed E-state index contributed by atoms with van der Waals surface area (Å²) in [7, 11) is 0. The summed E-state index contributed by atoms with van der Waals surface area (Å²) < 4.78 is 0. The Labute approximate surface area is 143 Å². The van der Waals surface area contributed by atoms with Gasteiger partial charge in [-0.05, 0) is 51.0 Å². The maximum absolute atomic E-state index is 5.62. The highest BCUT2D eigenvalue weighted by Gasteiger charge is 2.18. The monoisotopic (exact) mass is 322 g/mol. The molecule has 2 aliphatic rings. The third-order valence-corrected chi connectivity index (χ3v) is 5.35. The molecule has 2 rings (SSSR count). The van der Waals surface area contributed by atoms with Crippen LogP contribution in [-0.4, -0.2) is 31.1 Å². The Hall–Kier alpha value is -0.770. The van der Waals surface area contributed by atoms with Crippen LogP contribution in [0.4, 0.5) is 0 Å². The molecule has 23 heavy (non-hydrogen) atoms. The van der Waals surface area contributed by atoms with Gasteiger partial charge in [0.05, 0.1) is 0 Å². The quantitative estimate of drug-likeness (QED) is 0.496. The Morgan fingerprint density at radius 3 is 1.96 bits per heavy atom. The zero-order valence-corrected chi connectivity index (χ0v) is 15.2. The lowest BCUT2D eigenvalue weighted by atomic mass is 9.95. The number of hydrogen-bond acceptors (Lipinski definition) is 2. The van der Waals surface area contributed by atoms with Crippen molar-refractivity contribution in [2.45, 2.75) is 96.1 Å². The topological polar surface area (TPSA) is 62.4 Å². The van der Waals surface area contributed by atoms with Gasteiger partial charge in [0.2, 0.25) is 0 Å². The molecule has 0 spiro atoms. The van der Waals surface area contributed by atoms with Gasteiger partial charge in [-0.3, -0.25) is 4.99 Å². The first kappa shape index (κ1) is 18.6. The Morgan fingerprint density at radius 2 is 1.48 bits per heavy atom. The third kappa shape index (κ3) is 7.56. The Morgan fingerprint density at radius 1 is 0.957 bits per heavy atom. The molecule has 1 unspecified atom stereocenters. The van der Waals surface area contributed by atoms with E-state index < -0.39 is 0 Å². The molecule has 0 heterocycles. The minimum atomic E-state index is 0.620. The highest BCUT2D eigenvalue weighted by molar-refractivity contribution is 5.80. The second-order valence-corrected chi connectivity index (χ2v) is 7.68. The van der Waals surface area contributed by atoms with Crippen LogP contribution in [0.3, 0.4) is 0 Å². The molecule has 0 aliphatic heterocycles. The highest BCUT2D eigenvalue weighted by atomic mass is 15.2. The van der Waals surface area contributed by atoms with Gasteiger partial charge in [-0.25, -0.2) is 0 Å². The van der Waals surface area contributed by atoms with Crippen LogP contribution >= 0.6 is 0 Å². The van der Waals surface area contributed by atoms with Crippen molar-refractivity contribution in [3.8, 4) is 0 Å². The molecule has 0 aromatic rings. The summed E-state index contributed by atoms with van der Waals surface area (Å²) >= 11 is 0. The standard InChI is InChI=1S/C19H38N4/c1-16(9-8-14-20)15-21-19(22-17-10-4-2-5-11-17)23-18-12-6-3-7-13-18/h16-18H,2-15,20H2,1H3,(H2,21,22,23). The molecule has 4 heteroatoms. The van der Waals surface area contributed by atoms with Gasteiger partial charge in [-0.15, -0.1) is 0 Å². The van der Waals surface area contributed by atoms with Crippen LogP contribution in [0, 0.1) is 5.92 Å². The summed E-state index contributed by atoms with van der Waals surface area (Å²) in [5, 5.41) is 7.46. The minimum absolute atomic E-state index is 0.620. The van der Waals surface area contributed by atoms with Crippen molar-refractivity contribution in [1.29, 1.82) is 0 Å². The minimum Gasteiger partial charge on any atom is -0.354 e. The van der Waals surface area contributed by atoms with E-state index in [1.165, 1.54) is 70.6 Å². The molecule has 0 bridgehead atoms. The van der Waals surface area contributed by atoms with Gasteiger partial charge in [-0.1, -0.05) is 45.4 Å². The van der Waals surface area contributed by atoms with E-state index in [1.807, 2.05) is 0 Å². The Kier molecular flexibility index (Phi) is 8.80. The molecule has 0 aromatic carbocycles. The largest absolute Gasteiger partial charge is 0.354 e. The number of nitrogens with one attached hydrogen (secondary N) is 2. The van der Waals surface area contributed by atoms with Crippen molar-refractivity contribution in [1.82, 2.24) is 10.6 Å². The third-order valence-electron chi connectivity index (χ3n) is 5.35. The summed E-state index contributed by atoms with van der Waals surface area (Å²) in [5.74, 6) is 1.69. The second kappa shape index (κ2) is 10.9. The fourth-order valence-corrected chi connectivity index (χ4v) is 3.82. The van der Waals surface area contributed by atoms with E-state index in [0.29, 0.717) is 18.0 Å². The van der Waals surface area contributed by atoms with Gasteiger partial charge in [0, 0.05) is 18.6 Å². The Balaban J connectivity index is 1.85. The van der Waals surface area contributed by atoms with Crippen LogP contribution < -0.4 is 16.4 Å². The van der Waals surface area contributed by atoms with E-state index in [0.717, 1.165) is 25.5 Å². The van der Waals surface area contributed by atoms with Crippen LogP contribution in [0.25, 0.3) is 0 Å². The van der Waals surface area contributed by atoms with Gasteiger partial charge in [-0.2, -0.15) is 0 Å². The fraction of sp³-hybridized carbons (Fsp3) is 0.947. The van der Waals surface area contributed by atoms with Gasteiger partial charge in [0.1, 0.15) is 0 Å². The maximum atomic E-state index is 5.62. The van der Waals surface area contributed by atoms with Crippen molar-refractivity contribution in [2.24, 2.45) is 16.6 Å². The summed E-state index contributed by atoms with van der Waals surface area (Å²) in [6.45, 7) is 3.99. The van der Waals surface area contributed by atoms with E-state index in [9.17, 15) is 0 Å². The molecule has 2 saturated carbocycles. The molecule has 0 saturated heterocycles. The molecule has 0 radical (unpaired) electrons. The lowest BCUT2D eigenvalue weighted by molar-refractivity contribution is 0.388. The number of guanidine groups is 1. The van der Waals surface area contributed by atoms with Crippen LogP contribution in [0.2, 0.25) is 0 Å². The first-order valence-corrected chi connectivity index (χ1v) is 10.1. The average molecular weight is 323 g/mol. The molecule has 134 valence electrons. The van der Waals surface area contributed by atoms with E-state index in [1.54, 1.807) is 0 Å². The first-order chi connectivity index (χ1) is 11.3. The molecular weight excluding hydrogens is 284 g/mol. The smallest absolute Gasteiger partial charge is 0.191 e. The molecule has 2 aliphatic carbocycles. The van der Waals surface area contributed by atoms with Crippen molar-refractivity contribution < 1.29 is 0 Å². The van der Waals surface area contributed by atoms with E-state index in [2.05, 4.69) is 17.6 Å². The SMILES string of the molecule is CC(CCCN)CN=C(NC1CCCCC1)NC1CCCCC1. The van der Waals surface area contributed by atoms with Crippen LogP contribution in [0.5, 0.6) is 0 Å². The molecule has 2 fully saturated rings. The predicted molar refractivity (Wildman–Crippen MR) is 99.8 cm³/mol. The summed E-state index contributed by atoms with van der Waals surface area (Å²) in [6.07, 6.45) is 15.7. The van der Waals surface area contributed by atoms with Crippen LogP contribution in [-0.2, 0) is 0 Å². The van der Waals surface area contributed by atoms with E-state index in [-0.39, 0.29) is 0 Å². The summed E-state index contributed by atoms with van der Waals surface area (Å²) in [6, 6.07) is 1.25. The van der Waals surface area contributed by atoms with Crippen LogP contribution in [0.1, 0.15) is 84.0 Å². The van der Waals surface area contributed by atoms with Crippen molar-refractivity contribution in [3.63, 3.8) is 0 Å². The number of rotatable bonds is 7. The number of hydrogen-bond donors (Lipinski definition) is 3.